The Morgan fingerprint density at radius 2 is 2.05 bits per heavy atom. The lowest BCUT2D eigenvalue weighted by Gasteiger charge is -2.23. The maximum atomic E-state index is 12.3. The monoisotopic (exact) mass is 264 g/mol. The van der Waals surface area contributed by atoms with Gasteiger partial charge in [0.25, 0.3) is 5.91 Å². The van der Waals surface area contributed by atoms with Crippen molar-refractivity contribution in [2.75, 3.05) is 13.1 Å². The highest BCUT2D eigenvalue weighted by molar-refractivity contribution is 5.92. The van der Waals surface area contributed by atoms with Gasteiger partial charge < -0.3 is 10.6 Å². The van der Waals surface area contributed by atoms with Gasteiger partial charge in [0.1, 0.15) is 5.69 Å². The first-order valence-corrected chi connectivity index (χ1v) is 6.94. The molecule has 5 nitrogen and oxygen atoms in total. The number of carbonyl (C=O) groups is 1. The quantitative estimate of drug-likeness (QED) is 0.844. The molecule has 106 valence electrons. The average molecular weight is 264 g/mol. The Kier molecular flexibility index (Phi) is 3.94. The Balaban J connectivity index is 2.08. The van der Waals surface area contributed by atoms with Crippen LogP contribution in [0.25, 0.3) is 0 Å². The van der Waals surface area contributed by atoms with Crippen LogP contribution in [0.4, 0.5) is 0 Å². The van der Waals surface area contributed by atoms with Gasteiger partial charge in [-0.3, -0.25) is 9.48 Å². The Bertz CT molecular complexity index is 453. The molecule has 1 aliphatic heterocycles. The van der Waals surface area contributed by atoms with Crippen molar-refractivity contribution >= 4 is 5.91 Å². The summed E-state index contributed by atoms with van der Waals surface area (Å²) in [7, 11) is 1.83. The number of piperidine rings is 1. The molecule has 0 spiro atoms. The van der Waals surface area contributed by atoms with E-state index in [2.05, 4.69) is 36.5 Å². The molecule has 0 aliphatic carbocycles. The summed E-state index contributed by atoms with van der Waals surface area (Å²) in [5, 5.41) is 10.8. The summed E-state index contributed by atoms with van der Waals surface area (Å²) in [5.74, 6) is -0.0163. The average Bonchev–Trinajstić information content (AvgIpc) is 2.72. The fraction of sp³-hybridized carbons (Fsp3) is 0.714. The molecular weight excluding hydrogens is 240 g/mol. The molecule has 2 rings (SSSR count). The third kappa shape index (κ3) is 3.35. The SMILES string of the molecule is Cn1nc(C(C)(C)C)cc1C(=O)NC1CCNCC1. The van der Waals surface area contributed by atoms with Crippen LogP contribution in [-0.4, -0.2) is 34.8 Å². The number of carbonyl (C=O) groups excluding carboxylic acids is 1. The zero-order valence-corrected chi connectivity index (χ0v) is 12.3. The second-order valence-corrected chi connectivity index (χ2v) is 6.29. The molecular formula is C14H24N4O. The fourth-order valence-electron chi connectivity index (χ4n) is 2.27. The van der Waals surface area contributed by atoms with E-state index in [9.17, 15) is 4.79 Å². The van der Waals surface area contributed by atoms with E-state index in [1.165, 1.54) is 0 Å². The number of aryl methyl sites for hydroxylation is 1. The molecule has 1 amide bonds. The van der Waals surface area contributed by atoms with E-state index >= 15 is 0 Å². The topological polar surface area (TPSA) is 59.0 Å². The Morgan fingerprint density at radius 1 is 1.42 bits per heavy atom. The third-order valence-electron chi connectivity index (χ3n) is 3.56. The van der Waals surface area contributed by atoms with E-state index in [-0.39, 0.29) is 17.4 Å². The Hall–Kier alpha value is -1.36. The lowest BCUT2D eigenvalue weighted by atomic mass is 9.92. The van der Waals surface area contributed by atoms with Crippen LogP contribution in [0.2, 0.25) is 0 Å². The number of hydrogen-bond acceptors (Lipinski definition) is 3. The molecule has 1 aromatic rings. The first-order valence-electron chi connectivity index (χ1n) is 6.94. The fourth-order valence-corrected chi connectivity index (χ4v) is 2.27. The van der Waals surface area contributed by atoms with Gasteiger partial charge in [0.15, 0.2) is 0 Å². The minimum Gasteiger partial charge on any atom is -0.348 e. The summed E-state index contributed by atoms with van der Waals surface area (Å²) in [4.78, 5) is 12.3. The largest absolute Gasteiger partial charge is 0.348 e. The number of aromatic nitrogens is 2. The number of rotatable bonds is 2. The number of hydrogen-bond donors (Lipinski definition) is 2. The van der Waals surface area contributed by atoms with Crippen molar-refractivity contribution in [2.45, 2.75) is 45.1 Å². The van der Waals surface area contributed by atoms with Gasteiger partial charge >= 0.3 is 0 Å². The Morgan fingerprint density at radius 3 is 2.58 bits per heavy atom. The highest BCUT2D eigenvalue weighted by Gasteiger charge is 2.23. The molecule has 1 aromatic heterocycles. The van der Waals surface area contributed by atoms with Crippen molar-refractivity contribution in [3.8, 4) is 0 Å². The van der Waals surface area contributed by atoms with Crippen molar-refractivity contribution < 1.29 is 4.79 Å². The highest BCUT2D eigenvalue weighted by atomic mass is 16.2. The molecule has 0 radical (unpaired) electrons. The van der Waals surface area contributed by atoms with Crippen LogP contribution in [0.5, 0.6) is 0 Å². The summed E-state index contributed by atoms with van der Waals surface area (Å²) >= 11 is 0. The first kappa shape index (κ1) is 14.1. The molecule has 5 heteroatoms. The molecule has 1 fully saturated rings. The van der Waals surface area contributed by atoms with Crippen molar-refractivity contribution in [1.29, 1.82) is 0 Å². The van der Waals surface area contributed by atoms with E-state index in [0.717, 1.165) is 31.6 Å². The molecule has 1 saturated heterocycles. The maximum Gasteiger partial charge on any atom is 0.269 e. The van der Waals surface area contributed by atoms with E-state index < -0.39 is 0 Å². The molecule has 1 aliphatic rings. The van der Waals surface area contributed by atoms with E-state index in [0.29, 0.717) is 5.69 Å². The van der Waals surface area contributed by atoms with Gasteiger partial charge in [0.05, 0.1) is 5.69 Å². The predicted molar refractivity (Wildman–Crippen MR) is 75.3 cm³/mol. The highest BCUT2D eigenvalue weighted by Crippen LogP contribution is 2.21. The summed E-state index contributed by atoms with van der Waals surface area (Å²) in [5.41, 5.74) is 1.55. The first-order chi connectivity index (χ1) is 8.88. The van der Waals surface area contributed by atoms with Gasteiger partial charge in [-0.15, -0.1) is 0 Å². The van der Waals surface area contributed by atoms with E-state index in [1.54, 1.807) is 4.68 Å². The van der Waals surface area contributed by atoms with E-state index in [4.69, 9.17) is 0 Å². The van der Waals surface area contributed by atoms with Gasteiger partial charge in [-0.2, -0.15) is 5.10 Å². The van der Waals surface area contributed by atoms with Crippen LogP contribution >= 0.6 is 0 Å². The van der Waals surface area contributed by atoms with Crippen LogP contribution in [0.15, 0.2) is 6.07 Å². The minimum atomic E-state index is -0.0367. The second kappa shape index (κ2) is 5.33. The summed E-state index contributed by atoms with van der Waals surface area (Å²) in [6.07, 6.45) is 1.99. The molecule has 0 unspecified atom stereocenters. The molecule has 0 bridgehead atoms. The third-order valence-corrected chi connectivity index (χ3v) is 3.56. The molecule has 0 saturated carbocycles. The zero-order valence-electron chi connectivity index (χ0n) is 12.3. The second-order valence-electron chi connectivity index (χ2n) is 6.29. The maximum absolute atomic E-state index is 12.3. The number of amides is 1. The van der Waals surface area contributed by atoms with Gasteiger partial charge in [-0.25, -0.2) is 0 Å². The van der Waals surface area contributed by atoms with Crippen LogP contribution in [0.1, 0.15) is 49.8 Å². The standard InChI is InChI=1S/C14H24N4O/c1-14(2,3)12-9-11(18(4)17-12)13(19)16-10-5-7-15-8-6-10/h9-10,15H,5-8H2,1-4H3,(H,16,19). The molecule has 19 heavy (non-hydrogen) atoms. The molecule has 0 atom stereocenters. The van der Waals surface area contributed by atoms with Crippen LogP contribution in [-0.2, 0) is 12.5 Å². The van der Waals surface area contributed by atoms with E-state index in [1.807, 2.05) is 13.1 Å². The molecule has 0 aromatic carbocycles. The predicted octanol–water partition coefficient (Wildman–Crippen LogP) is 1.20. The van der Waals surface area contributed by atoms with Gasteiger partial charge in [0, 0.05) is 18.5 Å². The van der Waals surface area contributed by atoms with Gasteiger partial charge in [-0.1, -0.05) is 20.8 Å². The summed E-state index contributed by atoms with van der Waals surface area (Å²) in [6.45, 7) is 8.25. The lowest BCUT2D eigenvalue weighted by molar-refractivity contribution is 0.0920. The van der Waals surface area contributed by atoms with Crippen LogP contribution < -0.4 is 10.6 Å². The van der Waals surface area contributed by atoms with Crippen LogP contribution in [0, 0.1) is 0 Å². The van der Waals surface area contributed by atoms with Gasteiger partial charge in [0.2, 0.25) is 0 Å². The summed E-state index contributed by atoms with van der Waals surface area (Å²) in [6, 6.07) is 2.18. The summed E-state index contributed by atoms with van der Waals surface area (Å²) < 4.78 is 1.68. The normalized spacial score (nSPS) is 17.5. The van der Waals surface area contributed by atoms with Crippen molar-refractivity contribution in [2.24, 2.45) is 7.05 Å². The molecule has 2 heterocycles. The van der Waals surface area contributed by atoms with Crippen molar-refractivity contribution in [1.82, 2.24) is 20.4 Å². The Labute approximate surface area is 114 Å². The molecule has 2 N–H and O–H groups in total. The number of nitrogens with zero attached hydrogens (tertiary/aromatic N) is 2. The minimum absolute atomic E-state index is 0.0163. The lowest BCUT2D eigenvalue weighted by Crippen LogP contribution is -2.43. The van der Waals surface area contributed by atoms with Crippen molar-refractivity contribution in [3.05, 3.63) is 17.5 Å². The van der Waals surface area contributed by atoms with Crippen molar-refractivity contribution in [3.63, 3.8) is 0 Å². The zero-order chi connectivity index (χ0) is 14.0. The number of nitrogens with one attached hydrogen (secondary N) is 2. The smallest absolute Gasteiger partial charge is 0.269 e. The van der Waals surface area contributed by atoms with Crippen LogP contribution in [0.3, 0.4) is 0 Å². The van der Waals surface area contributed by atoms with Gasteiger partial charge in [-0.05, 0) is 32.0 Å².